The van der Waals surface area contributed by atoms with E-state index in [0.717, 1.165) is 38.8 Å². The zero-order valence-corrected chi connectivity index (χ0v) is 13.5. The molecule has 3 saturated heterocycles. The fourth-order valence-electron chi connectivity index (χ4n) is 4.76. The highest BCUT2D eigenvalue weighted by Gasteiger charge is 2.46. The standard InChI is InChI=1S/C17H27N3O2/c1-18-8-2-4-14(18)15-5-3-9-19(15)17(22)12-10-16(21)20(11-12)13-6-7-13/h12-15H,2-11H2,1H3/t12-,14+,15+/m0/s1. The molecule has 1 aliphatic carbocycles. The van der Waals surface area contributed by atoms with E-state index in [2.05, 4.69) is 16.8 Å². The fourth-order valence-corrected chi connectivity index (χ4v) is 4.76. The molecular formula is C17H27N3O2. The Bertz CT molecular complexity index is 477. The molecule has 122 valence electrons. The molecule has 3 heterocycles. The molecule has 0 unspecified atom stereocenters. The van der Waals surface area contributed by atoms with Crippen molar-refractivity contribution < 1.29 is 9.59 Å². The van der Waals surface area contributed by atoms with Crippen LogP contribution in [-0.4, -0.2) is 71.3 Å². The Balaban J connectivity index is 1.44. The Labute approximate surface area is 132 Å². The van der Waals surface area contributed by atoms with E-state index >= 15 is 0 Å². The van der Waals surface area contributed by atoms with Crippen molar-refractivity contribution in [1.82, 2.24) is 14.7 Å². The molecule has 5 nitrogen and oxygen atoms in total. The average molecular weight is 305 g/mol. The molecular weight excluding hydrogens is 278 g/mol. The van der Waals surface area contributed by atoms with Gasteiger partial charge in [0.05, 0.1) is 5.92 Å². The summed E-state index contributed by atoms with van der Waals surface area (Å²) in [5, 5.41) is 0. The second-order valence-electron chi connectivity index (χ2n) is 7.61. The molecule has 4 fully saturated rings. The van der Waals surface area contributed by atoms with Crippen molar-refractivity contribution in [3.63, 3.8) is 0 Å². The third kappa shape index (κ3) is 2.43. The minimum Gasteiger partial charge on any atom is -0.339 e. The molecule has 0 aromatic heterocycles. The van der Waals surface area contributed by atoms with Gasteiger partial charge in [-0.2, -0.15) is 0 Å². The number of nitrogens with zero attached hydrogens (tertiary/aromatic N) is 3. The summed E-state index contributed by atoms with van der Waals surface area (Å²) in [5.74, 6) is 0.370. The minimum absolute atomic E-state index is 0.0830. The van der Waals surface area contributed by atoms with Crippen LogP contribution >= 0.6 is 0 Å². The monoisotopic (exact) mass is 305 g/mol. The number of amides is 2. The Morgan fingerprint density at radius 3 is 2.45 bits per heavy atom. The highest BCUT2D eigenvalue weighted by Crippen LogP contribution is 2.35. The van der Waals surface area contributed by atoms with Crippen LogP contribution in [0.1, 0.15) is 44.9 Å². The fraction of sp³-hybridized carbons (Fsp3) is 0.882. The van der Waals surface area contributed by atoms with Gasteiger partial charge in [0.15, 0.2) is 0 Å². The van der Waals surface area contributed by atoms with Crippen LogP contribution in [-0.2, 0) is 9.59 Å². The lowest BCUT2D eigenvalue weighted by atomic mass is 10.0. The van der Waals surface area contributed by atoms with Crippen molar-refractivity contribution >= 4 is 11.8 Å². The van der Waals surface area contributed by atoms with E-state index in [-0.39, 0.29) is 17.7 Å². The zero-order valence-electron chi connectivity index (χ0n) is 13.5. The molecule has 0 N–H and O–H groups in total. The van der Waals surface area contributed by atoms with E-state index in [1.165, 1.54) is 12.8 Å². The molecule has 3 atom stereocenters. The summed E-state index contributed by atoms with van der Waals surface area (Å²) in [4.78, 5) is 31.6. The summed E-state index contributed by atoms with van der Waals surface area (Å²) in [6.45, 7) is 2.72. The van der Waals surface area contributed by atoms with Crippen LogP contribution in [0.4, 0.5) is 0 Å². The van der Waals surface area contributed by atoms with E-state index in [1.807, 2.05) is 4.90 Å². The minimum atomic E-state index is -0.0830. The van der Waals surface area contributed by atoms with Gasteiger partial charge in [-0.05, 0) is 52.1 Å². The summed E-state index contributed by atoms with van der Waals surface area (Å²) in [6.07, 6.45) is 7.41. The summed E-state index contributed by atoms with van der Waals surface area (Å²) in [6, 6.07) is 1.36. The molecule has 0 aromatic rings. The average Bonchev–Trinajstić information content (AvgIpc) is 2.91. The van der Waals surface area contributed by atoms with Gasteiger partial charge in [-0.3, -0.25) is 9.59 Å². The summed E-state index contributed by atoms with van der Waals surface area (Å²) >= 11 is 0. The second-order valence-corrected chi connectivity index (χ2v) is 7.61. The molecule has 0 bridgehead atoms. The highest BCUT2D eigenvalue weighted by atomic mass is 16.2. The van der Waals surface area contributed by atoms with Crippen LogP contribution < -0.4 is 0 Å². The molecule has 5 heteroatoms. The number of rotatable bonds is 3. The molecule has 4 rings (SSSR count). The first-order valence-corrected chi connectivity index (χ1v) is 8.95. The van der Waals surface area contributed by atoms with Crippen molar-refractivity contribution in [2.45, 2.75) is 63.1 Å². The maximum atomic E-state index is 13.0. The molecule has 22 heavy (non-hydrogen) atoms. The lowest BCUT2D eigenvalue weighted by Crippen LogP contribution is -2.49. The highest BCUT2D eigenvalue weighted by molar-refractivity contribution is 5.89. The zero-order chi connectivity index (χ0) is 15.3. The number of hydrogen-bond donors (Lipinski definition) is 0. The van der Waals surface area contributed by atoms with E-state index < -0.39 is 0 Å². The number of likely N-dealkylation sites (N-methyl/N-ethyl adjacent to an activating group) is 1. The quantitative estimate of drug-likeness (QED) is 0.784. The number of hydrogen-bond acceptors (Lipinski definition) is 3. The van der Waals surface area contributed by atoms with Crippen LogP contribution in [0.2, 0.25) is 0 Å². The maximum absolute atomic E-state index is 13.0. The van der Waals surface area contributed by atoms with Crippen molar-refractivity contribution in [2.75, 3.05) is 26.7 Å². The SMILES string of the molecule is CN1CCC[C@@H]1[C@H]1CCCN1C(=O)[C@H]1CC(=O)N(C2CC2)C1. The van der Waals surface area contributed by atoms with Crippen molar-refractivity contribution in [2.24, 2.45) is 5.92 Å². The first-order chi connectivity index (χ1) is 10.6. The first kappa shape index (κ1) is 14.5. The second kappa shape index (κ2) is 5.52. The van der Waals surface area contributed by atoms with Gasteiger partial charge in [-0.1, -0.05) is 0 Å². The van der Waals surface area contributed by atoms with Crippen LogP contribution in [0.3, 0.4) is 0 Å². The third-order valence-electron chi connectivity index (χ3n) is 6.10. The Kier molecular flexibility index (Phi) is 3.63. The van der Waals surface area contributed by atoms with Gasteiger partial charge in [-0.15, -0.1) is 0 Å². The lowest BCUT2D eigenvalue weighted by molar-refractivity contribution is -0.137. The van der Waals surface area contributed by atoms with Gasteiger partial charge in [0, 0.05) is 37.6 Å². The van der Waals surface area contributed by atoms with Crippen LogP contribution in [0.15, 0.2) is 0 Å². The summed E-state index contributed by atoms with van der Waals surface area (Å²) < 4.78 is 0. The largest absolute Gasteiger partial charge is 0.339 e. The van der Waals surface area contributed by atoms with Gasteiger partial charge in [-0.25, -0.2) is 0 Å². The van der Waals surface area contributed by atoms with Gasteiger partial charge in [0.1, 0.15) is 0 Å². The number of carbonyl (C=O) groups is 2. The summed E-state index contributed by atoms with van der Waals surface area (Å²) in [5.41, 5.74) is 0. The maximum Gasteiger partial charge on any atom is 0.228 e. The molecule has 2 amide bonds. The number of likely N-dealkylation sites (tertiary alicyclic amines) is 3. The molecule has 0 spiro atoms. The molecule has 4 aliphatic rings. The van der Waals surface area contributed by atoms with Gasteiger partial charge in [0.2, 0.25) is 11.8 Å². The molecule has 3 aliphatic heterocycles. The first-order valence-electron chi connectivity index (χ1n) is 8.95. The predicted molar refractivity (Wildman–Crippen MR) is 83.2 cm³/mol. The van der Waals surface area contributed by atoms with Crippen molar-refractivity contribution in [1.29, 1.82) is 0 Å². The molecule has 0 aromatic carbocycles. The van der Waals surface area contributed by atoms with Crippen molar-refractivity contribution in [3.8, 4) is 0 Å². The molecule has 0 radical (unpaired) electrons. The van der Waals surface area contributed by atoms with Gasteiger partial charge >= 0.3 is 0 Å². The van der Waals surface area contributed by atoms with Crippen LogP contribution in [0.5, 0.6) is 0 Å². The van der Waals surface area contributed by atoms with E-state index in [4.69, 9.17) is 0 Å². The van der Waals surface area contributed by atoms with E-state index in [1.54, 1.807) is 0 Å². The van der Waals surface area contributed by atoms with Crippen LogP contribution in [0, 0.1) is 5.92 Å². The van der Waals surface area contributed by atoms with E-state index in [0.29, 0.717) is 31.1 Å². The predicted octanol–water partition coefficient (Wildman–Crippen LogP) is 1.08. The van der Waals surface area contributed by atoms with Gasteiger partial charge < -0.3 is 14.7 Å². The Hall–Kier alpha value is -1.10. The van der Waals surface area contributed by atoms with Gasteiger partial charge in [0.25, 0.3) is 0 Å². The smallest absolute Gasteiger partial charge is 0.228 e. The Morgan fingerprint density at radius 2 is 1.77 bits per heavy atom. The normalized spacial score (nSPS) is 36.6. The number of carbonyl (C=O) groups excluding carboxylic acids is 2. The van der Waals surface area contributed by atoms with Crippen molar-refractivity contribution in [3.05, 3.63) is 0 Å². The summed E-state index contributed by atoms with van der Waals surface area (Å²) in [7, 11) is 2.19. The van der Waals surface area contributed by atoms with E-state index in [9.17, 15) is 9.59 Å². The lowest BCUT2D eigenvalue weighted by Gasteiger charge is -2.34. The van der Waals surface area contributed by atoms with Crippen LogP contribution in [0.25, 0.3) is 0 Å². The third-order valence-corrected chi connectivity index (χ3v) is 6.10. The molecule has 1 saturated carbocycles. The Morgan fingerprint density at radius 1 is 1.05 bits per heavy atom. The topological polar surface area (TPSA) is 43.9 Å².